The van der Waals surface area contributed by atoms with Gasteiger partial charge < -0.3 is 15.5 Å². The lowest BCUT2D eigenvalue weighted by molar-refractivity contribution is -0.117. The summed E-state index contributed by atoms with van der Waals surface area (Å²) in [6, 6.07) is 12.5. The fourth-order valence-corrected chi connectivity index (χ4v) is 4.04. The molecule has 26 heavy (non-hydrogen) atoms. The molecular weight excluding hydrogens is 344 g/mol. The monoisotopic (exact) mass is 370 g/mol. The minimum Gasteiger partial charge on any atom is -0.352 e. The predicted molar refractivity (Wildman–Crippen MR) is 109 cm³/mol. The minimum absolute atomic E-state index is 0.0736. The van der Waals surface area contributed by atoms with Gasteiger partial charge in [0, 0.05) is 29.0 Å². The number of carbonyl (C=O) groups excluding carboxylic acids is 1. The number of thiophene rings is 1. The Labute approximate surface area is 159 Å². The summed E-state index contributed by atoms with van der Waals surface area (Å²) in [6.45, 7) is 3.89. The fourth-order valence-electron chi connectivity index (χ4n) is 3.15. The Hall–Kier alpha value is -2.34. The van der Waals surface area contributed by atoms with Crippen LogP contribution in [0.5, 0.6) is 0 Å². The van der Waals surface area contributed by atoms with Crippen LogP contribution in [0, 0.1) is 0 Å². The Morgan fingerprint density at radius 2 is 2.00 bits per heavy atom. The third-order valence-corrected chi connectivity index (χ3v) is 5.77. The van der Waals surface area contributed by atoms with Crippen molar-refractivity contribution in [2.75, 3.05) is 25.0 Å². The molecule has 138 valence electrons. The standard InChI is InChI=1S/C20H26N4OS/c1-3-16-10-11-17(26-16)13-22-20(21-2)23-14-19(25)24-12-6-8-15-7-4-5-9-18(15)24/h4-5,7,9-11H,3,6,8,12-14H2,1-2H3,(H2,21,22,23). The van der Waals surface area contributed by atoms with Gasteiger partial charge in [0.2, 0.25) is 5.91 Å². The van der Waals surface area contributed by atoms with E-state index in [1.807, 2.05) is 23.1 Å². The molecule has 1 aliphatic rings. The number of para-hydroxylation sites is 1. The van der Waals surface area contributed by atoms with E-state index in [2.05, 4.69) is 40.7 Å². The maximum absolute atomic E-state index is 12.7. The summed E-state index contributed by atoms with van der Waals surface area (Å²) in [6.07, 6.45) is 3.11. The molecule has 1 aliphatic heterocycles. The van der Waals surface area contributed by atoms with Gasteiger partial charge in [-0.15, -0.1) is 11.3 Å². The van der Waals surface area contributed by atoms with E-state index >= 15 is 0 Å². The van der Waals surface area contributed by atoms with Gasteiger partial charge in [0.15, 0.2) is 5.96 Å². The predicted octanol–water partition coefficient (Wildman–Crippen LogP) is 2.95. The summed E-state index contributed by atoms with van der Waals surface area (Å²) in [5, 5.41) is 6.42. The van der Waals surface area contributed by atoms with Crippen molar-refractivity contribution in [2.24, 2.45) is 4.99 Å². The maximum atomic E-state index is 12.7. The van der Waals surface area contributed by atoms with E-state index in [4.69, 9.17) is 0 Å². The van der Waals surface area contributed by atoms with Crippen LogP contribution in [-0.4, -0.2) is 32.0 Å². The first-order valence-corrected chi connectivity index (χ1v) is 9.93. The molecule has 0 fully saturated rings. The average molecular weight is 371 g/mol. The van der Waals surface area contributed by atoms with E-state index < -0.39 is 0 Å². The highest BCUT2D eigenvalue weighted by molar-refractivity contribution is 7.11. The van der Waals surface area contributed by atoms with Crippen LogP contribution < -0.4 is 15.5 Å². The lowest BCUT2D eigenvalue weighted by Crippen LogP contribution is -2.45. The number of guanidine groups is 1. The van der Waals surface area contributed by atoms with E-state index in [-0.39, 0.29) is 12.5 Å². The van der Waals surface area contributed by atoms with E-state index in [1.54, 1.807) is 18.4 Å². The van der Waals surface area contributed by atoms with Gasteiger partial charge in [-0.05, 0) is 43.0 Å². The van der Waals surface area contributed by atoms with Crippen molar-refractivity contribution in [1.29, 1.82) is 0 Å². The van der Waals surface area contributed by atoms with Crippen molar-refractivity contribution in [1.82, 2.24) is 10.6 Å². The summed E-state index contributed by atoms with van der Waals surface area (Å²) in [5.41, 5.74) is 2.29. The molecule has 0 atom stereocenters. The molecule has 0 saturated heterocycles. The maximum Gasteiger partial charge on any atom is 0.246 e. The highest BCUT2D eigenvalue weighted by atomic mass is 32.1. The van der Waals surface area contributed by atoms with Crippen molar-refractivity contribution < 1.29 is 4.79 Å². The molecule has 0 spiro atoms. The average Bonchev–Trinajstić information content (AvgIpc) is 3.15. The number of nitrogens with one attached hydrogen (secondary N) is 2. The highest BCUT2D eigenvalue weighted by Gasteiger charge is 2.21. The van der Waals surface area contributed by atoms with E-state index in [0.717, 1.165) is 31.5 Å². The molecule has 1 aromatic heterocycles. The van der Waals surface area contributed by atoms with Crippen molar-refractivity contribution >= 4 is 28.9 Å². The Morgan fingerprint density at radius 3 is 2.77 bits per heavy atom. The number of aryl methyl sites for hydroxylation is 2. The molecule has 2 heterocycles. The number of carbonyl (C=O) groups is 1. The van der Waals surface area contributed by atoms with Gasteiger partial charge in [0.1, 0.15) is 0 Å². The van der Waals surface area contributed by atoms with Gasteiger partial charge >= 0.3 is 0 Å². The summed E-state index contributed by atoms with van der Waals surface area (Å²) >= 11 is 1.80. The molecule has 0 aliphatic carbocycles. The van der Waals surface area contributed by atoms with Gasteiger partial charge in [-0.2, -0.15) is 0 Å². The lowest BCUT2D eigenvalue weighted by atomic mass is 10.0. The van der Waals surface area contributed by atoms with Crippen LogP contribution in [0.2, 0.25) is 0 Å². The van der Waals surface area contributed by atoms with Gasteiger partial charge in [-0.25, -0.2) is 0 Å². The molecule has 0 bridgehead atoms. The Morgan fingerprint density at radius 1 is 1.19 bits per heavy atom. The molecule has 1 aromatic carbocycles. The molecule has 0 radical (unpaired) electrons. The van der Waals surface area contributed by atoms with Crippen molar-refractivity contribution in [3.05, 3.63) is 51.7 Å². The zero-order valence-corrected chi connectivity index (χ0v) is 16.2. The van der Waals surface area contributed by atoms with Crippen LogP contribution in [0.15, 0.2) is 41.4 Å². The Bertz CT molecular complexity index is 784. The topological polar surface area (TPSA) is 56.7 Å². The van der Waals surface area contributed by atoms with Crippen molar-refractivity contribution in [2.45, 2.75) is 32.7 Å². The molecule has 0 unspecified atom stereocenters. The van der Waals surface area contributed by atoms with Gasteiger partial charge in [0.05, 0.1) is 13.1 Å². The first-order chi connectivity index (χ1) is 12.7. The first-order valence-electron chi connectivity index (χ1n) is 9.11. The largest absolute Gasteiger partial charge is 0.352 e. The molecule has 3 rings (SSSR count). The number of anilines is 1. The first kappa shape index (κ1) is 18.5. The smallest absolute Gasteiger partial charge is 0.246 e. The number of fused-ring (bicyclic) bond motifs is 1. The van der Waals surface area contributed by atoms with Crippen LogP contribution in [0.3, 0.4) is 0 Å². The molecule has 6 heteroatoms. The van der Waals surface area contributed by atoms with E-state index in [9.17, 15) is 4.79 Å². The third kappa shape index (κ3) is 4.43. The number of amides is 1. The van der Waals surface area contributed by atoms with Gasteiger partial charge in [-0.3, -0.25) is 9.79 Å². The van der Waals surface area contributed by atoms with Crippen molar-refractivity contribution in [3.8, 4) is 0 Å². The number of aliphatic imine (C=N–C) groups is 1. The SMILES string of the molecule is CCc1ccc(CNC(=NC)NCC(=O)N2CCCc3ccccc32)s1. The second-order valence-corrected chi connectivity index (χ2v) is 7.53. The summed E-state index contributed by atoms with van der Waals surface area (Å²) in [5.74, 6) is 0.722. The summed E-state index contributed by atoms with van der Waals surface area (Å²) in [7, 11) is 1.72. The number of rotatable bonds is 5. The van der Waals surface area contributed by atoms with Gasteiger partial charge in [0.25, 0.3) is 0 Å². The van der Waals surface area contributed by atoms with Crippen LogP contribution in [0.4, 0.5) is 5.69 Å². The molecular formula is C20H26N4OS. The van der Waals surface area contributed by atoms with Crippen molar-refractivity contribution in [3.63, 3.8) is 0 Å². The second-order valence-electron chi connectivity index (χ2n) is 6.28. The molecule has 2 N–H and O–H groups in total. The zero-order valence-electron chi connectivity index (χ0n) is 15.4. The normalized spacial score (nSPS) is 14.1. The lowest BCUT2D eigenvalue weighted by Gasteiger charge is -2.29. The van der Waals surface area contributed by atoms with Crippen LogP contribution in [-0.2, 0) is 24.2 Å². The zero-order chi connectivity index (χ0) is 18.4. The molecule has 0 saturated carbocycles. The van der Waals surface area contributed by atoms with Crippen LogP contribution in [0.1, 0.15) is 28.7 Å². The van der Waals surface area contributed by atoms with Gasteiger partial charge in [-0.1, -0.05) is 25.1 Å². The quantitative estimate of drug-likeness (QED) is 0.628. The molecule has 5 nitrogen and oxygen atoms in total. The summed E-state index contributed by atoms with van der Waals surface area (Å²) in [4.78, 5) is 21.4. The number of hydrogen-bond acceptors (Lipinski definition) is 3. The third-order valence-electron chi connectivity index (χ3n) is 4.54. The number of hydrogen-bond donors (Lipinski definition) is 2. The Balaban J connectivity index is 1.53. The highest BCUT2D eigenvalue weighted by Crippen LogP contribution is 2.26. The van der Waals surface area contributed by atoms with E-state index in [0.29, 0.717) is 12.5 Å². The minimum atomic E-state index is 0.0736. The van der Waals surface area contributed by atoms with Crippen LogP contribution >= 0.6 is 11.3 Å². The second kappa shape index (κ2) is 8.85. The Kier molecular flexibility index (Phi) is 6.28. The summed E-state index contributed by atoms with van der Waals surface area (Å²) < 4.78 is 0. The number of benzene rings is 1. The molecule has 2 aromatic rings. The van der Waals surface area contributed by atoms with E-state index in [1.165, 1.54) is 15.3 Å². The van der Waals surface area contributed by atoms with Crippen LogP contribution in [0.25, 0.3) is 0 Å². The fraction of sp³-hybridized carbons (Fsp3) is 0.400. The molecule has 1 amide bonds. The number of nitrogens with zero attached hydrogens (tertiary/aromatic N) is 2.